The van der Waals surface area contributed by atoms with Crippen molar-refractivity contribution in [2.24, 2.45) is 11.3 Å². The first-order valence-corrected chi connectivity index (χ1v) is 7.66. The third-order valence-electron chi connectivity index (χ3n) is 4.29. The van der Waals surface area contributed by atoms with Crippen LogP contribution in [-0.2, 0) is 0 Å². The van der Waals surface area contributed by atoms with Gasteiger partial charge < -0.3 is 15.4 Å². The minimum Gasteiger partial charge on any atom is -0.491 e. The number of nitrogens with zero attached hydrogens (tertiary/aromatic N) is 1. The van der Waals surface area contributed by atoms with Crippen molar-refractivity contribution in [3.8, 4) is 5.75 Å². The first kappa shape index (κ1) is 15.2. The van der Waals surface area contributed by atoms with Gasteiger partial charge in [0.2, 0.25) is 0 Å². The minimum atomic E-state index is 0.434. The van der Waals surface area contributed by atoms with Gasteiger partial charge in [0, 0.05) is 13.1 Å². The zero-order valence-corrected chi connectivity index (χ0v) is 13.1. The Bertz CT molecular complexity index is 425. The van der Waals surface area contributed by atoms with Crippen LogP contribution in [0.25, 0.3) is 0 Å². The molecule has 1 fully saturated rings. The smallest absolute Gasteiger partial charge is 0.142 e. The number of rotatable bonds is 5. The van der Waals surface area contributed by atoms with Crippen LogP contribution in [0.3, 0.4) is 0 Å². The predicted molar refractivity (Wildman–Crippen MR) is 85.0 cm³/mol. The summed E-state index contributed by atoms with van der Waals surface area (Å²) in [5, 5.41) is 0. The molecule has 1 aromatic rings. The molecule has 1 heterocycles. The molecule has 112 valence electrons. The third-order valence-corrected chi connectivity index (χ3v) is 4.29. The molecule has 1 unspecified atom stereocenters. The zero-order chi connectivity index (χ0) is 14.6. The molecule has 20 heavy (non-hydrogen) atoms. The summed E-state index contributed by atoms with van der Waals surface area (Å²) in [6.45, 7) is 11.4. The summed E-state index contributed by atoms with van der Waals surface area (Å²) in [5.74, 6) is 1.63. The molecule has 0 saturated carbocycles. The van der Waals surface area contributed by atoms with Gasteiger partial charge in [-0.1, -0.05) is 32.9 Å². The molecule has 0 radical (unpaired) electrons. The Morgan fingerprint density at radius 3 is 2.70 bits per heavy atom. The van der Waals surface area contributed by atoms with Crippen molar-refractivity contribution in [2.75, 3.05) is 32.0 Å². The van der Waals surface area contributed by atoms with E-state index >= 15 is 0 Å². The van der Waals surface area contributed by atoms with Crippen molar-refractivity contribution in [3.05, 3.63) is 24.3 Å². The predicted octanol–water partition coefficient (Wildman–Crippen LogP) is 3.41. The van der Waals surface area contributed by atoms with Crippen molar-refractivity contribution < 1.29 is 4.74 Å². The van der Waals surface area contributed by atoms with Crippen LogP contribution in [0.4, 0.5) is 5.69 Å². The van der Waals surface area contributed by atoms with E-state index in [4.69, 9.17) is 10.5 Å². The van der Waals surface area contributed by atoms with E-state index in [1.165, 1.54) is 19.5 Å². The molecule has 1 aliphatic heterocycles. The van der Waals surface area contributed by atoms with E-state index in [2.05, 4.69) is 25.7 Å². The summed E-state index contributed by atoms with van der Waals surface area (Å²) in [5.41, 5.74) is 7.01. The fourth-order valence-corrected chi connectivity index (χ4v) is 2.82. The second kappa shape index (κ2) is 6.49. The number of nitrogens with two attached hydrogens (primary N) is 1. The van der Waals surface area contributed by atoms with Gasteiger partial charge in [0.25, 0.3) is 0 Å². The lowest BCUT2D eigenvalue weighted by atomic mass is 9.80. The Hall–Kier alpha value is -1.22. The monoisotopic (exact) mass is 276 g/mol. The van der Waals surface area contributed by atoms with E-state index in [-0.39, 0.29) is 0 Å². The number of anilines is 1. The number of hydrogen-bond acceptors (Lipinski definition) is 3. The van der Waals surface area contributed by atoms with Crippen molar-refractivity contribution >= 4 is 5.69 Å². The first-order valence-electron chi connectivity index (χ1n) is 7.66. The van der Waals surface area contributed by atoms with E-state index < -0.39 is 0 Å². The molecule has 2 N–H and O–H groups in total. The molecule has 0 aliphatic carbocycles. The Morgan fingerprint density at radius 2 is 2.05 bits per heavy atom. The van der Waals surface area contributed by atoms with Crippen LogP contribution in [0.1, 0.15) is 33.6 Å². The van der Waals surface area contributed by atoms with E-state index in [0.29, 0.717) is 5.41 Å². The van der Waals surface area contributed by atoms with Gasteiger partial charge in [-0.05, 0) is 42.9 Å². The highest BCUT2D eigenvalue weighted by molar-refractivity contribution is 5.51. The van der Waals surface area contributed by atoms with Gasteiger partial charge >= 0.3 is 0 Å². The quantitative estimate of drug-likeness (QED) is 0.661. The van der Waals surface area contributed by atoms with Gasteiger partial charge in [0.1, 0.15) is 5.75 Å². The first-order chi connectivity index (χ1) is 9.47. The van der Waals surface area contributed by atoms with Gasteiger partial charge in [-0.25, -0.2) is 0 Å². The highest BCUT2D eigenvalue weighted by Gasteiger charge is 2.31. The fourth-order valence-electron chi connectivity index (χ4n) is 2.82. The van der Waals surface area contributed by atoms with Crippen molar-refractivity contribution in [1.82, 2.24) is 4.90 Å². The summed E-state index contributed by atoms with van der Waals surface area (Å²) < 4.78 is 5.74. The lowest BCUT2D eigenvalue weighted by Crippen LogP contribution is -2.27. The number of hydrogen-bond donors (Lipinski definition) is 1. The van der Waals surface area contributed by atoms with Crippen molar-refractivity contribution in [1.29, 1.82) is 0 Å². The molecule has 3 heteroatoms. The summed E-state index contributed by atoms with van der Waals surface area (Å²) in [6, 6.07) is 7.70. The summed E-state index contributed by atoms with van der Waals surface area (Å²) in [6.07, 6.45) is 2.39. The molecule has 0 bridgehead atoms. The zero-order valence-electron chi connectivity index (χ0n) is 13.1. The lowest BCUT2D eigenvalue weighted by molar-refractivity contribution is 0.218. The SMILES string of the molecule is CC(C)(C)C1CCN(CCCOc2ccccc2N)C1. The lowest BCUT2D eigenvalue weighted by Gasteiger charge is -2.27. The highest BCUT2D eigenvalue weighted by Crippen LogP contribution is 2.33. The number of benzene rings is 1. The van der Waals surface area contributed by atoms with Crippen LogP contribution in [0.2, 0.25) is 0 Å². The Labute approximate surface area is 123 Å². The van der Waals surface area contributed by atoms with Gasteiger partial charge in [-0.15, -0.1) is 0 Å². The largest absolute Gasteiger partial charge is 0.491 e. The third kappa shape index (κ3) is 4.14. The van der Waals surface area contributed by atoms with Crippen LogP contribution >= 0.6 is 0 Å². The summed E-state index contributed by atoms with van der Waals surface area (Å²) >= 11 is 0. The molecule has 1 atom stereocenters. The highest BCUT2D eigenvalue weighted by atomic mass is 16.5. The standard InChI is InChI=1S/C17H28N2O/c1-17(2,3)14-9-11-19(13-14)10-6-12-20-16-8-5-4-7-15(16)18/h4-5,7-8,14H,6,9-13,18H2,1-3H3. The van der Waals surface area contributed by atoms with Crippen LogP contribution in [0.5, 0.6) is 5.75 Å². The van der Waals surface area contributed by atoms with Crippen LogP contribution < -0.4 is 10.5 Å². The second-order valence-electron chi connectivity index (χ2n) is 6.89. The Balaban J connectivity index is 1.66. The molecule has 2 rings (SSSR count). The normalized spacial score (nSPS) is 20.2. The van der Waals surface area contributed by atoms with Crippen LogP contribution in [0, 0.1) is 11.3 Å². The molecular weight excluding hydrogens is 248 g/mol. The topological polar surface area (TPSA) is 38.5 Å². The molecule has 0 aromatic heterocycles. The number of ether oxygens (including phenoxy) is 1. The number of para-hydroxylation sites is 2. The Kier molecular flexibility index (Phi) is 4.92. The van der Waals surface area contributed by atoms with E-state index in [1.54, 1.807) is 0 Å². The molecule has 1 saturated heterocycles. The van der Waals surface area contributed by atoms with Crippen molar-refractivity contribution in [3.63, 3.8) is 0 Å². The van der Waals surface area contributed by atoms with Gasteiger partial charge in [-0.3, -0.25) is 0 Å². The Morgan fingerprint density at radius 1 is 1.30 bits per heavy atom. The molecular formula is C17H28N2O. The van der Waals surface area contributed by atoms with E-state index in [1.807, 2.05) is 24.3 Å². The van der Waals surface area contributed by atoms with Gasteiger partial charge in [0.05, 0.1) is 12.3 Å². The fraction of sp³-hybridized carbons (Fsp3) is 0.647. The second-order valence-corrected chi connectivity index (χ2v) is 6.89. The molecule has 0 spiro atoms. The van der Waals surface area contributed by atoms with Gasteiger partial charge in [-0.2, -0.15) is 0 Å². The van der Waals surface area contributed by atoms with E-state index in [0.717, 1.165) is 36.9 Å². The van der Waals surface area contributed by atoms with Gasteiger partial charge in [0.15, 0.2) is 0 Å². The van der Waals surface area contributed by atoms with E-state index in [9.17, 15) is 0 Å². The number of nitrogen functional groups attached to an aromatic ring is 1. The maximum absolute atomic E-state index is 5.86. The maximum Gasteiger partial charge on any atom is 0.142 e. The number of likely N-dealkylation sites (tertiary alicyclic amines) is 1. The molecule has 3 nitrogen and oxygen atoms in total. The van der Waals surface area contributed by atoms with Crippen LogP contribution in [-0.4, -0.2) is 31.1 Å². The summed E-state index contributed by atoms with van der Waals surface area (Å²) in [4.78, 5) is 2.56. The molecule has 0 amide bonds. The van der Waals surface area contributed by atoms with Crippen molar-refractivity contribution in [2.45, 2.75) is 33.6 Å². The van der Waals surface area contributed by atoms with Crippen LogP contribution in [0.15, 0.2) is 24.3 Å². The molecule has 1 aliphatic rings. The average molecular weight is 276 g/mol. The molecule has 1 aromatic carbocycles. The maximum atomic E-state index is 5.86. The summed E-state index contributed by atoms with van der Waals surface area (Å²) in [7, 11) is 0. The minimum absolute atomic E-state index is 0.434. The average Bonchev–Trinajstić information content (AvgIpc) is 2.85.